The molecule has 1 aliphatic rings. The molecule has 0 saturated carbocycles. The lowest BCUT2D eigenvalue weighted by molar-refractivity contribution is 0.131. The highest BCUT2D eigenvalue weighted by Crippen LogP contribution is 2.31. The van der Waals surface area contributed by atoms with Gasteiger partial charge in [0, 0.05) is 30.4 Å². The number of likely N-dealkylation sites (tertiary alicyclic amines) is 1. The number of hydrogen-bond donors (Lipinski definition) is 1. The van der Waals surface area contributed by atoms with Crippen LogP contribution in [0.1, 0.15) is 49.0 Å². The van der Waals surface area contributed by atoms with E-state index in [0.29, 0.717) is 17.6 Å². The molecule has 130 valence electrons. The zero-order chi connectivity index (χ0) is 17.2. The first-order chi connectivity index (χ1) is 12.2. The molecule has 25 heavy (non-hydrogen) atoms. The van der Waals surface area contributed by atoms with E-state index in [4.69, 9.17) is 4.52 Å². The molecule has 0 unspecified atom stereocenters. The topological polar surface area (TPSA) is 70.8 Å². The van der Waals surface area contributed by atoms with Crippen LogP contribution in [0.4, 0.5) is 0 Å². The molecule has 6 heteroatoms. The Labute approximate surface area is 147 Å². The Bertz CT molecular complexity index is 826. The van der Waals surface area contributed by atoms with Gasteiger partial charge in [0.2, 0.25) is 11.7 Å². The molecule has 1 aliphatic heterocycles. The van der Waals surface area contributed by atoms with Gasteiger partial charge in [-0.2, -0.15) is 4.98 Å². The van der Waals surface area contributed by atoms with E-state index in [0.717, 1.165) is 42.9 Å². The van der Waals surface area contributed by atoms with E-state index in [9.17, 15) is 0 Å². The fraction of sp³-hybridized carbons (Fsp3) is 0.421. The van der Waals surface area contributed by atoms with Crippen molar-refractivity contribution in [2.45, 2.75) is 38.6 Å². The van der Waals surface area contributed by atoms with Crippen molar-refractivity contribution in [3.63, 3.8) is 0 Å². The Morgan fingerprint density at radius 2 is 2.20 bits per heavy atom. The Hall–Kier alpha value is -2.47. The number of nitrogens with zero attached hydrogens (tertiary/aromatic N) is 4. The molecule has 3 aromatic rings. The van der Waals surface area contributed by atoms with Crippen LogP contribution in [0.15, 0.2) is 41.2 Å². The van der Waals surface area contributed by atoms with Crippen LogP contribution in [-0.2, 0) is 0 Å². The number of H-pyrrole nitrogens is 1. The van der Waals surface area contributed by atoms with Crippen LogP contribution in [0.25, 0.3) is 11.4 Å². The van der Waals surface area contributed by atoms with Crippen molar-refractivity contribution in [2.24, 2.45) is 0 Å². The van der Waals surface area contributed by atoms with E-state index >= 15 is 0 Å². The Kier molecular flexibility index (Phi) is 4.36. The highest BCUT2D eigenvalue weighted by molar-refractivity contribution is 5.58. The molecule has 0 amide bonds. The largest absolute Gasteiger partial charge is 0.348 e. The second-order valence-corrected chi connectivity index (χ2v) is 6.76. The number of benzene rings is 1. The van der Waals surface area contributed by atoms with Crippen molar-refractivity contribution < 1.29 is 4.52 Å². The van der Waals surface area contributed by atoms with Gasteiger partial charge < -0.3 is 9.51 Å². The van der Waals surface area contributed by atoms with Crippen molar-refractivity contribution in [2.75, 3.05) is 13.1 Å². The molecular formula is C19H23N5O. The smallest absolute Gasteiger partial charge is 0.244 e. The Morgan fingerprint density at radius 3 is 3.00 bits per heavy atom. The number of piperidine rings is 1. The highest BCUT2D eigenvalue weighted by Gasteiger charge is 2.29. The monoisotopic (exact) mass is 337 g/mol. The minimum atomic E-state index is 0.100. The van der Waals surface area contributed by atoms with Crippen LogP contribution in [0.3, 0.4) is 0 Å². The normalized spacial score (nSPS) is 19.8. The van der Waals surface area contributed by atoms with Gasteiger partial charge in [0.1, 0.15) is 5.82 Å². The Balaban J connectivity index is 1.51. The number of aryl methyl sites for hydroxylation is 1. The second kappa shape index (κ2) is 6.80. The minimum absolute atomic E-state index is 0.100. The van der Waals surface area contributed by atoms with E-state index in [2.05, 4.69) is 44.9 Å². The average Bonchev–Trinajstić information content (AvgIpc) is 3.34. The molecule has 2 aromatic heterocycles. The maximum atomic E-state index is 5.59. The summed E-state index contributed by atoms with van der Waals surface area (Å²) in [6, 6.07) is 8.21. The quantitative estimate of drug-likeness (QED) is 0.786. The summed E-state index contributed by atoms with van der Waals surface area (Å²) in [5.74, 6) is 2.85. The highest BCUT2D eigenvalue weighted by atomic mass is 16.5. The van der Waals surface area contributed by atoms with Gasteiger partial charge in [0.05, 0.1) is 6.04 Å². The standard InChI is InChI=1S/C19H23N5O/c1-13-6-3-4-8-16(13)18-22-19(25-23-18)14(2)24-11-5-7-15(12-24)17-20-9-10-21-17/h3-4,6,8-10,14-15H,5,7,11-12H2,1-2H3,(H,20,21)/t14-,15-/m1/s1. The lowest BCUT2D eigenvalue weighted by atomic mass is 9.96. The van der Waals surface area contributed by atoms with Gasteiger partial charge in [0.25, 0.3) is 0 Å². The third-order valence-electron chi connectivity index (χ3n) is 5.09. The summed E-state index contributed by atoms with van der Waals surface area (Å²) in [6.07, 6.45) is 6.03. The first kappa shape index (κ1) is 16.0. The Morgan fingerprint density at radius 1 is 1.32 bits per heavy atom. The lowest BCUT2D eigenvalue weighted by Gasteiger charge is -2.34. The number of rotatable bonds is 4. The number of aromatic nitrogens is 4. The van der Waals surface area contributed by atoms with Crippen molar-refractivity contribution in [1.82, 2.24) is 25.0 Å². The molecule has 0 aliphatic carbocycles. The summed E-state index contributed by atoms with van der Waals surface area (Å²) in [7, 11) is 0. The van der Waals surface area contributed by atoms with Gasteiger partial charge in [0.15, 0.2) is 0 Å². The molecule has 1 aromatic carbocycles. The van der Waals surface area contributed by atoms with Gasteiger partial charge in [-0.3, -0.25) is 4.90 Å². The number of imidazole rings is 1. The predicted molar refractivity (Wildman–Crippen MR) is 95.0 cm³/mol. The van der Waals surface area contributed by atoms with Crippen molar-refractivity contribution in [1.29, 1.82) is 0 Å². The fourth-order valence-corrected chi connectivity index (χ4v) is 3.58. The van der Waals surface area contributed by atoms with Crippen LogP contribution in [-0.4, -0.2) is 38.1 Å². The van der Waals surface area contributed by atoms with Crippen molar-refractivity contribution >= 4 is 0 Å². The second-order valence-electron chi connectivity index (χ2n) is 6.76. The van der Waals surface area contributed by atoms with Crippen LogP contribution < -0.4 is 0 Å². The lowest BCUT2D eigenvalue weighted by Crippen LogP contribution is -2.36. The summed E-state index contributed by atoms with van der Waals surface area (Å²) < 4.78 is 5.59. The summed E-state index contributed by atoms with van der Waals surface area (Å²) in [6.45, 7) is 6.20. The van der Waals surface area contributed by atoms with Crippen LogP contribution >= 0.6 is 0 Å². The van der Waals surface area contributed by atoms with E-state index in [1.165, 1.54) is 0 Å². The zero-order valence-corrected chi connectivity index (χ0v) is 14.6. The van der Waals surface area contributed by atoms with Gasteiger partial charge in [-0.1, -0.05) is 29.4 Å². The number of nitrogens with one attached hydrogen (secondary N) is 1. The minimum Gasteiger partial charge on any atom is -0.348 e. The predicted octanol–water partition coefficient (Wildman–Crippen LogP) is 3.71. The zero-order valence-electron chi connectivity index (χ0n) is 14.6. The molecule has 3 heterocycles. The molecule has 1 N–H and O–H groups in total. The summed E-state index contributed by atoms with van der Waals surface area (Å²) in [5.41, 5.74) is 2.18. The molecule has 1 saturated heterocycles. The summed E-state index contributed by atoms with van der Waals surface area (Å²) in [5, 5.41) is 4.20. The molecule has 0 radical (unpaired) electrons. The fourth-order valence-electron chi connectivity index (χ4n) is 3.58. The molecule has 0 spiro atoms. The number of aromatic amines is 1. The number of hydrogen-bond acceptors (Lipinski definition) is 5. The van der Waals surface area contributed by atoms with Crippen LogP contribution in [0, 0.1) is 6.92 Å². The summed E-state index contributed by atoms with van der Waals surface area (Å²) >= 11 is 0. The molecule has 0 bridgehead atoms. The van der Waals surface area contributed by atoms with Crippen LogP contribution in [0.5, 0.6) is 0 Å². The first-order valence-electron chi connectivity index (χ1n) is 8.85. The van der Waals surface area contributed by atoms with Crippen LogP contribution in [0.2, 0.25) is 0 Å². The van der Waals surface area contributed by atoms with E-state index in [1.54, 1.807) is 0 Å². The maximum absolute atomic E-state index is 5.59. The van der Waals surface area contributed by atoms with Gasteiger partial charge in [-0.05, 0) is 38.8 Å². The molecule has 1 fully saturated rings. The summed E-state index contributed by atoms with van der Waals surface area (Å²) in [4.78, 5) is 14.7. The third kappa shape index (κ3) is 3.22. The SMILES string of the molecule is Cc1ccccc1-c1noc([C@@H](C)N2CCC[C@@H](c3ncc[nH]3)C2)n1. The van der Waals surface area contributed by atoms with Crippen molar-refractivity contribution in [3.8, 4) is 11.4 Å². The molecule has 2 atom stereocenters. The third-order valence-corrected chi connectivity index (χ3v) is 5.09. The van der Waals surface area contributed by atoms with Gasteiger partial charge in [-0.25, -0.2) is 4.98 Å². The van der Waals surface area contributed by atoms with E-state index in [-0.39, 0.29) is 6.04 Å². The molecular weight excluding hydrogens is 314 g/mol. The molecule has 4 rings (SSSR count). The maximum Gasteiger partial charge on any atom is 0.244 e. The average molecular weight is 337 g/mol. The van der Waals surface area contributed by atoms with E-state index < -0.39 is 0 Å². The molecule has 6 nitrogen and oxygen atoms in total. The first-order valence-corrected chi connectivity index (χ1v) is 8.85. The van der Waals surface area contributed by atoms with Gasteiger partial charge >= 0.3 is 0 Å². The van der Waals surface area contributed by atoms with E-state index in [1.807, 2.05) is 30.6 Å². The van der Waals surface area contributed by atoms with Gasteiger partial charge in [-0.15, -0.1) is 0 Å². The van der Waals surface area contributed by atoms with Crippen molar-refractivity contribution in [3.05, 3.63) is 53.9 Å².